The molecule has 2 nitrogen and oxygen atoms in total. The second-order valence-electron chi connectivity index (χ2n) is 9.35. The fourth-order valence-corrected chi connectivity index (χ4v) is 4.60. The minimum Gasteiger partial charge on any atom is -0.356 e. The Bertz CT molecular complexity index is 366. The minimum atomic E-state index is 0.645. The Balaban J connectivity index is 2.23. The maximum Gasteiger partial charge on any atom is 0.101 e. The molecule has 1 unspecified atom stereocenters. The zero-order valence-electron chi connectivity index (χ0n) is 20.5. The molecular weight excluding hydrogens is 352 g/mol. The first-order valence-corrected chi connectivity index (χ1v) is 13.5. The summed E-state index contributed by atoms with van der Waals surface area (Å²) in [5, 5.41) is 0. The van der Waals surface area contributed by atoms with Crippen LogP contribution in [0.2, 0.25) is 0 Å². The lowest BCUT2D eigenvalue weighted by Gasteiger charge is -2.33. The lowest BCUT2D eigenvalue weighted by Crippen LogP contribution is -2.39. The maximum atomic E-state index is 2.67. The molecule has 29 heavy (non-hydrogen) atoms. The van der Waals surface area contributed by atoms with Crippen molar-refractivity contribution in [3.05, 3.63) is 12.4 Å². The van der Waals surface area contributed by atoms with E-state index in [2.05, 4.69) is 43.0 Å². The first kappa shape index (κ1) is 26.4. The van der Waals surface area contributed by atoms with Crippen LogP contribution < -0.4 is 0 Å². The first-order valence-electron chi connectivity index (χ1n) is 13.5. The Kier molecular flexibility index (Phi) is 17.6. The predicted octanol–water partition coefficient (Wildman–Crippen LogP) is 8.87. The molecule has 0 saturated heterocycles. The molecule has 0 bridgehead atoms. The third-order valence-electron chi connectivity index (χ3n) is 6.57. The van der Waals surface area contributed by atoms with Crippen LogP contribution in [0, 0.1) is 0 Å². The summed E-state index contributed by atoms with van der Waals surface area (Å²) in [6, 6.07) is 0. The van der Waals surface area contributed by atoms with E-state index in [0.29, 0.717) is 6.17 Å². The van der Waals surface area contributed by atoms with Gasteiger partial charge in [-0.15, -0.1) is 0 Å². The van der Waals surface area contributed by atoms with Crippen molar-refractivity contribution in [2.45, 2.75) is 149 Å². The van der Waals surface area contributed by atoms with Crippen LogP contribution in [0.4, 0.5) is 0 Å². The number of rotatable bonds is 21. The molecule has 0 N–H and O–H groups in total. The highest BCUT2D eigenvalue weighted by molar-refractivity contribution is 4.96. The van der Waals surface area contributed by atoms with E-state index in [0.717, 1.165) is 0 Å². The van der Waals surface area contributed by atoms with Crippen molar-refractivity contribution in [1.82, 2.24) is 9.80 Å². The monoisotopic (exact) mass is 406 g/mol. The second kappa shape index (κ2) is 19.3. The third kappa shape index (κ3) is 13.3. The van der Waals surface area contributed by atoms with Gasteiger partial charge >= 0.3 is 0 Å². The molecule has 1 atom stereocenters. The van der Waals surface area contributed by atoms with Gasteiger partial charge in [0.25, 0.3) is 0 Å². The van der Waals surface area contributed by atoms with Crippen molar-refractivity contribution < 1.29 is 0 Å². The normalized spacial score (nSPS) is 16.3. The summed E-state index contributed by atoms with van der Waals surface area (Å²) in [5.41, 5.74) is 0. The summed E-state index contributed by atoms with van der Waals surface area (Å²) in [7, 11) is 0. The minimum absolute atomic E-state index is 0.645. The molecule has 1 rings (SSSR count). The van der Waals surface area contributed by atoms with Gasteiger partial charge in [-0.05, 0) is 25.7 Å². The molecule has 0 spiro atoms. The lowest BCUT2D eigenvalue weighted by atomic mass is 10.1. The van der Waals surface area contributed by atoms with Crippen molar-refractivity contribution in [1.29, 1.82) is 0 Å². The number of nitrogens with zero attached hydrogens (tertiary/aromatic N) is 2. The molecule has 0 aromatic carbocycles. The molecule has 0 saturated carbocycles. The summed E-state index contributed by atoms with van der Waals surface area (Å²) >= 11 is 0. The molecule has 0 aliphatic carbocycles. The van der Waals surface area contributed by atoms with Gasteiger partial charge in [-0.25, -0.2) is 0 Å². The van der Waals surface area contributed by atoms with Gasteiger partial charge in [0.05, 0.1) is 0 Å². The summed E-state index contributed by atoms with van der Waals surface area (Å²) in [6.45, 7) is 9.43. The van der Waals surface area contributed by atoms with Crippen LogP contribution in [0.15, 0.2) is 12.4 Å². The zero-order chi connectivity index (χ0) is 21.0. The average molecular weight is 407 g/mol. The van der Waals surface area contributed by atoms with Crippen molar-refractivity contribution in [2.24, 2.45) is 0 Å². The molecule has 2 heteroatoms. The SMILES string of the molecule is CCCCCCCCCCCN1C=CN(CCCCC)C1CCCCCCCC. The van der Waals surface area contributed by atoms with Crippen molar-refractivity contribution in [3.8, 4) is 0 Å². The van der Waals surface area contributed by atoms with Crippen LogP contribution in [-0.2, 0) is 0 Å². The Labute approximate surface area is 184 Å². The molecule has 172 valence electrons. The van der Waals surface area contributed by atoms with Gasteiger partial charge in [-0.1, -0.05) is 117 Å². The molecule has 0 radical (unpaired) electrons. The third-order valence-corrected chi connectivity index (χ3v) is 6.57. The summed E-state index contributed by atoms with van der Waals surface area (Å²) in [6.07, 6.45) is 32.1. The van der Waals surface area contributed by atoms with Gasteiger partial charge in [-0.2, -0.15) is 0 Å². The molecule has 1 heterocycles. The Morgan fingerprint density at radius 2 is 0.793 bits per heavy atom. The summed E-state index contributed by atoms with van der Waals surface area (Å²) < 4.78 is 0. The molecule has 0 amide bonds. The summed E-state index contributed by atoms with van der Waals surface area (Å²) in [5.74, 6) is 0. The van der Waals surface area contributed by atoms with E-state index in [1.54, 1.807) is 0 Å². The topological polar surface area (TPSA) is 6.48 Å². The van der Waals surface area contributed by atoms with Crippen LogP contribution in [0.5, 0.6) is 0 Å². The second-order valence-corrected chi connectivity index (χ2v) is 9.35. The Morgan fingerprint density at radius 1 is 0.448 bits per heavy atom. The van der Waals surface area contributed by atoms with Crippen LogP contribution in [0.25, 0.3) is 0 Å². The number of unbranched alkanes of at least 4 members (excludes halogenated alkanes) is 15. The van der Waals surface area contributed by atoms with E-state index in [1.807, 2.05) is 0 Å². The molecule has 1 aliphatic heterocycles. The smallest absolute Gasteiger partial charge is 0.101 e. The highest BCUT2D eigenvalue weighted by Crippen LogP contribution is 2.23. The predicted molar refractivity (Wildman–Crippen MR) is 131 cm³/mol. The quantitative estimate of drug-likeness (QED) is 0.176. The van der Waals surface area contributed by atoms with Crippen LogP contribution in [-0.4, -0.2) is 29.1 Å². The molecule has 0 fully saturated rings. The van der Waals surface area contributed by atoms with Crippen molar-refractivity contribution >= 4 is 0 Å². The molecular formula is C27H54N2. The zero-order valence-corrected chi connectivity index (χ0v) is 20.5. The van der Waals surface area contributed by atoms with Gasteiger partial charge < -0.3 is 9.80 Å². The largest absolute Gasteiger partial charge is 0.356 e. The highest BCUT2D eigenvalue weighted by Gasteiger charge is 2.24. The standard InChI is InChI=1S/C27H54N2/c1-4-7-10-12-14-15-16-18-21-24-29-26-25-28(23-20-9-6-3)27(29)22-19-17-13-11-8-5-2/h25-27H,4-24H2,1-3H3. The number of hydrogen-bond donors (Lipinski definition) is 0. The van der Waals surface area contributed by atoms with E-state index in [9.17, 15) is 0 Å². The highest BCUT2D eigenvalue weighted by atomic mass is 15.4. The first-order chi connectivity index (χ1) is 14.3. The van der Waals surface area contributed by atoms with E-state index in [-0.39, 0.29) is 0 Å². The van der Waals surface area contributed by atoms with E-state index < -0.39 is 0 Å². The molecule has 0 aromatic heterocycles. The summed E-state index contributed by atoms with van der Waals surface area (Å²) in [4.78, 5) is 5.31. The molecule has 1 aliphatic rings. The lowest BCUT2D eigenvalue weighted by molar-refractivity contribution is 0.135. The Hall–Kier alpha value is -0.660. The van der Waals surface area contributed by atoms with Crippen LogP contribution in [0.1, 0.15) is 143 Å². The van der Waals surface area contributed by atoms with Gasteiger partial charge in [0.1, 0.15) is 6.17 Å². The van der Waals surface area contributed by atoms with Crippen LogP contribution in [0.3, 0.4) is 0 Å². The number of hydrogen-bond acceptors (Lipinski definition) is 2. The fourth-order valence-electron chi connectivity index (χ4n) is 4.60. The van der Waals surface area contributed by atoms with Gasteiger partial charge in [0.15, 0.2) is 0 Å². The van der Waals surface area contributed by atoms with Crippen molar-refractivity contribution in [2.75, 3.05) is 13.1 Å². The van der Waals surface area contributed by atoms with Gasteiger partial charge in [0, 0.05) is 25.5 Å². The van der Waals surface area contributed by atoms with Crippen molar-refractivity contribution in [3.63, 3.8) is 0 Å². The van der Waals surface area contributed by atoms with E-state index in [1.165, 1.54) is 135 Å². The Morgan fingerprint density at radius 3 is 1.28 bits per heavy atom. The molecule has 0 aromatic rings. The van der Waals surface area contributed by atoms with Crippen LogP contribution >= 0.6 is 0 Å². The van der Waals surface area contributed by atoms with E-state index in [4.69, 9.17) is 0 Å². The van der Waals surface area contributed by atoms with E-state index >= 15 is 0 Å². The fraction of sp³-hybridized carbons (Fsp3) is 0.926. The maximum absolute atomic E-state index is 2.67. The average Bonchev–Trinajstić information content (AvgIpc) is 3.11. The van der Waals surface area contributed by atoms with Gasteiger partial charge in [-0.3, -0.25) is 0 Å². The van der Waals surface area contributed by atoms with Gasteiger partial charge in [0.2, 0.25) is 0 Å².